The van der Waals surface area contributed by atoms with E-state index < -0.39 is 0 Å². The maximum atomic E-state index is 5.44. The van der Waals surface area contributed by atoms with Gasteiger partial charge in [0.1, 0.15) is 0 Å². The van der Waals surface area contributed by atoms with Crippen molar-refractivity contribution in [2.45, 2.75) is 38.6 Å². The molecule has 0 bridgehead atoms. The number of rotatable bonds is 4. The van der Waals surface area contributed by atoms with E-state index in [0.717, 1.165) is 39.4 Å². The lowest BCUT2D eigenvalue weighted by atomic mass is 9.82. The summed E-state index contributed by atoms with van der Waals surface area (Å²) in [6.07, 6.45) is 10.2. The first-order valence-electron chi connectivity index (χ1n) is 7.19. The van der Waals surface area contributed by atoms with Gasteiger partial charge in [0.2, 0.25) is 0 Å². The molecule has 0 atom stereocenters. The van der Waals surface area contributed by atoms with Crippen molar-refractivity contribution in [2.24, 2.45) is 5.41 Å². The van der Waals surface area contributed by atoms with Crippen LogP contribution in [-0.2, 0) is 4.74 Å². The Balaban J connectivity index is 1.67. The van der Waals surface area contributed by atoms with E-state index >= 15 is 0 Å². The molecular formula is C15H26N2O. The van der Waals surface area contributed by atoms with E-state index in [4.69, 9.17) is 11.2 Å². The number of hydrogen-bond donors (Lipinski definition) is 1. The van der Waals surface area contributed by atoms with Crippen LogP contribution in [0.3, 0.4) is 0 Å². The van der Waals surface area contributed by atoms with Gasteiger partial charge < -0.3 is 10.1 Å². The maximum Gasteiger partial charge on any atom is 0.0598 e. The van der Waals surface area contributed by atoms with Gasteiger partial charge in [-0.2, -0.15) is 0 Å². The third-order valence-electron chi connectivity index (χ3n) is 4.42. The Bertz CT molecular complexity index is 283. The van der Waals surface area contributed by atoms with Crippen molar-refractivity contribution in [1.29, 1.82) is 0 Å². The van der Waals surface area contributed by atoms with E-state index in [1.807, 2.05) is 0 Å². The van der Waals surface area contributed by atoms with Crippen LogP contribution in [0.5, 0.6) is 0 Å². The molecule has 0 aromatic rings. The second-order valence-corrected chi connectivity index (χ2v) is 6.06. The molecule has 0 aromatic carbocycles. The van der Waals surface area contributed by atoms with Gasteiger partial charge in [0.15, 0.2) is 0 Å². The summed E-state index contributed by atoms with van der Waals surface area (Å²) in [5, 5.41) is 3.76. The normalized spacial score (nSPS) is 25.8. The third kappa shape index (κ3) is 3.98. The Hall–Kier alpha value is -0.560. The van der Waals surface area contributed by atoms with Crippen LogP contribution in [-0.4, -0.2) is 50.3 Å². The molecule has 2 fully saturated rings. The second-order valence-electron chi connectivity index (χ2n) is 6.06. The standard InChI is InChI=1S/C15H26N2O/c1-3-8-17-9-4-14(5-10-17)16-13-15(2)6-11-18-12-7-15/h1,14,16H,4-13H2,2H3. The van der Waals surface area contributed by atoms with E-state index in [1.165, 1.54) is 25.7 Å². The summed E-state index contributed by atoms with van der Waals surface area (Å²) >= 11 is 0. The minimum absolute atomic E-state index is 0.439. The summed E-state index contributed by atoms with van der Waals surface area (Å²) < 4.78 is 5.44. The molecule has 2 saturated heterocycles. The lowest BCUT2D eigenvalue weighted by Gasteiger charge is -2.37. The number of nitrogens with one attached hydrogen (secondary N) is 1. The molecule has 0 unspecified atom stereocenters. The van der Waals surface area contributed by atoms with Crippen molar-refractivity contribution in [1.82, 2.24) is 10.2 Å². The minimum Gasteiger partial charge on any atom is -0.381 e. The van der Waals surface area contributed by atoms with Crippen LogP contribution in [0.4, 0.5) is 0 Å². The third-order valence-corrected chi connectivity index (χ3v) is 4.42. The van der Waals surface area contributed by atoms with Crippen LogP contribution in [0.15, 0.2) is 0 Å². The molecule has 0 spiro atoms. The number of nitrogens with zero attached hydrogens (tertiary/aromatic N) is 1. The van der Waals surface area contributed by atoms with Crippen LogP contribution < -0.4 is 5.32 Å². The maximum absolute atomic E-state index is 5.44. The van der Waals surface area contributed by atoms with Gasteiger partial charge in [-0.25, -0.2) is 0 Å². The van der Waals surface area contributed by atoms with Gasteiger partial charge in [0, 0.05) is 38.9 Å². The molecule has 102 valence electrons. The first-order valence-corrected chi connectivity index (χ1v) is 7.19. The molecule has 0 aromatic heterocycles. The molecule has 1 N–H and O–H groups in total. The SMILES string of the molecule is C#CCN1CCC(NCC2(C)CCOCC2)CC1. The average Bonchev–Trinajstić information content (AvgIpc) is 2.39. The van der Waals surface area contributed by atoms with Crippen molar-refractivity contribution >= 4 is 0 Å². The van der Waals surface area contributed by atoms with Crippen molar-refractivity contribution < 1.29 is 4.74 Å². The lowest BCUT2D eigenvalue weighted by Crippen LogP contribution is -2.46. The zero-order chi connectivity index (χ0) is 12.8. The average molecular weight is 250 g/mol. The van der Waals surface area contributed by atoms with Crippen LogP contribution in [0.1, 0.15) is 32.6 Å². The van der Waals surface area contributed by atoms with Crippen LogP contribution in [0.2, 0.25) is 0 Å². The summed E-state index contributed by atoms with van der Waals surface area (Å²) in [6, 6.07) is 0.679. The van der Waals surface area contributed by atoms with Crippen LogP contribution >= 0.6 is 0 Å². The first-order chi connectivity index (χ1) is 8.72. The molecule has 0 aliphatic carbocycles. The van der Waals surface area contributed by atoms with Gasteiger partial charge in [-0.1, -0.05) is 12.8 Å². The molecule has 0 saturated carbocycles. The number of hydrogen-bond acceptors (Lipinski definition) is 3. The molecule has 0 radical (unpaired) electrons. The molecule has 18 heavy (non-hydrogen) atoms. The van der Waals surface area contributed by atoms with E-state index in [1.54, 1.807) is 0 Å². The molecule has 2 aliphatic heterocycles. The fourth-order valence-corrected chi connectivity index (χ4v) is 2.86. The second kappa shape index (κ2) is 6.56. The quantitative estimate of drug-likeness (QED) is 0.765. The van der Waals surface area contributed by atoms with Crippen molar-refractivity contribution in [3.05, 3.63) is 0 Å². The number of likely N-dealkylation sites (tertiary alicyclic amines) is 1. The van der Waals surface area contributed by atoms with E-state index in [2.05, 4.69) is 23.1 Å². The summed E-state index contributed by atoms with van der Waals surface area (Å²) in [5.41, 5.74) is 0.439. The van der Waals surface area contributed by atoms with Crippen LogP contribution in [0.25, 0.3) is 0 Å². The van der Waals surface area contributed by atoms with Crippen molar-refractivity contribution in [2.75, 3.05) is 39.4 Å². The highest BCUT2D eigenvalue weighted by atomic mass is 16.5. The van der Waals surface area contributed by atoms with Crippen molar-refractivity contribution in [3.63, 3.8) is 0 Å². The summed E-state index contributed by atoms with van der Waals surface area (Å²) in [4.78, 5) is 2.37. The molecule has 3 heteroatoms. The van der Waals surface area contributed by atoms with E-state index in [-0.39, 0.29) is 0 Å². The Morgan fingerprint density at radius 1 is 1.33 bits per heavy atom. The predicted molar refractivity (Wildman–Crippen MR) is 74.5 cm³/mol. The topological polar surface area (TPSA) is 24.5 Å². The molecule has 2 heterocycles. The fraction of sp³-hybridized carbons (Fsp3) is 0.867. The smallest absolute Gasteiger partial charge is 0.0598 e. The van der Waals surface area contributed by atoms with Gasteiger partial charge in [-0.15, -0.1) is 6.42 Å². The molecule has 2 rings (SSSR count). The lowest BCUT2D eigenvalue weighted by molar-refractivity contribution is 0.0218. The molecule has 2 aliphatic rings. The van der Waals surface area contributed by atoms with Crippen molar-refractivity contribution in [3.8, 4) is 12.3 Å². The highest BCUT2D eigenvalue weighted by molar-refractivity contribution is 4.91. The monoisotopic (exact) mass is 250 g/mol. The number of ether oxygens (including phenoxy) is 1. The highest BCUT2D eigenvalue weighted by Crippen LogP contribution is 2.29. The van der Waals surface area contributed by atoms with E-state index in [9.17, 15) is 0 Å². The van der Waals surface area contributed by atoms with Gasteiger partial charge in [0.25, 0.3) is 0 Å². The fourth-order valence-electron chi connectivity index (χ4n) is 2.86. The first kappa shape index (κ1) is 13.9. The zero-order valence-corrected chi connectivity index (χ0v) is 11.6. The summed E-state index contributed by atoms with van der Waals surface area (Å²) in [7, 11) is 0. The van der Waals surface area contributed by atoms with Gasteiger partial charge >= 0.3 is 0 Å². The van der Waals surface area contributed by atoms with Gasteiger partial charge in [-0.3, -0.25) is 4.90 Å². The summed E-state index contributed by atoms with van der Waals surface area (Å²) in [5.74, 6) is 2.73. The predicted octanol–water partition coefficient (Wildman–Crippen LogP) is 1.49. The molecular weight excluding hydrogens is 224 g/mol. The van der Waals surface area contributed by atoms with Gasteiger partial charge in [0.05, 0.1) is 6.54 Å². The zero-order valence-electron chi connectivity index (χ0n) is 11.6. The number of piperidine rings is 1. The summed E-state index contributed by atoms with van der Waals surface area (Å²) in [6.45, 7) is 8.47. The minimum atomic E-state index is 0.439. The van der Waals surface area contributed by atoms with E-state index in [0.29, 0.717) is 11.5 Å². The van der Waals surface area contributed by atoms with Gasteiger partial charge in [-0.05, 0) is 31.1 Å². The Morgan fingerprint density at radius 3 is 2.61 bits per heavy atom. The Kier molecular flexibility index (Phi) is 5.05. The molecule has 0 amide bonds. The Morgan fingerprint density at radius 2 is 2.00 bits per heavy atom. The number of terminal acetylenes is 1. The van der Waals surface area contributed by atoms with Crippen LogP contribution in [0, 0.1) is 17.8 Å². The highest BCUT2D eigenvalue weighted by Gasteiger charge is 2.28. The Labute approximate surface area is 111 Å². The molecule has 3 nitrogen and oxygen atoms in total. The largest absolute Gasteiger partial charge is 0.381 e.